The van der Waals surface area contributed by atoms with Crippen LogP contribution in [0, 0.1) is 5.92 Å². The minimum Gasteiger partial charge on any atom is -0.492 e. The van der Waals surface area contributed by atoms with Crippen molar-refractivity contribution in [3.8, 4) is 11.5 Å². The molecule has 2 aromatic carbocycles. The SMILES string of the molecule is CCOc1cc(NC(=O)[C@@H](NC(N)=O)C(C)C)ccc1S(=O)(=O)Nc1cccc(OC(F)(F)F)c1. The highest BCUT2D eigenvalue weighted by Gasteiger charge is 2.31. The van der Waals surface area contributed by atoms with E-state index in [-0.39, 0.29) is 34.5 Å². The molecule has 0 aliphatic carbocycles. The van der Waals surface area contributed by atoms with Crippen molar-refractivity contribution in [2.75, 3.05) is 16.6 Å². The molecular formula is C21H25F3N4O6S. The number of alkyl halides is 3. The van der Waals surface area contributed by atoms with E-state index in [0.29, 0.717) is 0 Å². The average molecular weight is 519 g/mol. The second kappa shape index (κ2) is 11.2. The van der Waals surface area contributed by atoms with E-state index >= 15 is 0 Å². The van der Waals surface area contributed by atoms with Crippen molar-refractivity contribution in [2.24, 2.45) is 11.7 Å². The van der Waals surface area contributed by atoms with Gasteiger partial charge >= 0.3 is 12.4 Å². The van der Waals surface area contributed by atoms with E-state index in [0.717, 1.165) is 18.2 Å². The fraction of sp³-hybridized carbons (Fsp3) is 0.333. The predicted molar refractivity (Wildman–Crippen MR) is 122 cm³/mol. The molecule has 0 aromatic heterocycles. The van der Waals surface area contributed by atoms with E-state index in [2.05, 4.69) is 20.1 Å². The summed E-state index contributed by atoms with van der Waals surface area (Å²) in [4.78, 5) is 23.4. The van der Waals surface area contributed by atoms with Crippen LogP contribution in [0.25, 0.3) is 0 Å². The zero-order chi connectivity index (χ0) is 26.4. The first-order chi connectivity index (χ1) is 16.2. The lowest BCUT2D eigenvalue weighted by Crippen LogP contribution is -2.49. The van der Waals surface area contributed by atoms with Crippen molar-refractivity contribution in [1.29, 1.82) is 0 Å². The van der Waals surface area contributed by atoms with Crippen LogP contribution in [-0.4, -0.2) is 39.4 Å². The van der Waals surface area contributed by atoms with Crippen LogP contribution in [0.5, 0.6) is 11.5 Å². The number of amides is 3. The number of carbonyl (C=O) groups excluding carboxylic acids is 2. The lowest BCUT2D eigenvalue weighted by molar-refractivity contribution is -0.274. The molecule has 35 heavy (non-hydrogen) atoms. The third-order valence-corrected chi connectivity index (χ3v) is 5.79. The number of carbonyl (C=O) groups is 2. The van der Waals surface area contributed by atoms with Crippen molar-refractivity contribution in [1.82, 2.24) is 5.32 Å². The summed E-state index contributed by atoms with van der Waals surface area (Å²) in [6, 6.07) is 6.21. The molecule has 3 amide bonds. The monoisotopic (exact) mass is 518 g/mol. The maximum atomic E-state index is 12.9. The van der Waals surface area contributed by atoms with Crippen molar-refractivity contribution in [3.05, 3.63) is 42.5 Å². The minimum absolute atomic E-state index is 0.0761. The molecule has 0 unspecified atom stereocenters. The first-order valence-corrected chi connectivity index (χ1v) is 11.7. The summed E-state index contributed by atoms with van der Waals surface area (Å²) in [7, 11) is -4.32. The van der Waals surface area contributed by atoms with Crippen molar-refractivity contribution < 1.29 is 40.7 Å². The van der Waals surface area contributed by atoms with Gasteiger partial charge in [-0.25, -0.2) is 13.2 Å². The Morgan fingerprint density at radius 2 is 1.77 bits per heavy atom. The van der Waals surface area contributed by atoms with E-state index in [4.69, 9.17) is 10.5 Å². The summed E-state index contributed by atoms with van der Waals surface area (Å²) in [5.41, 5.74) is 5.11. The highest BCUT2D eigenvalue weighted by molar-refractivity contribution is 7.92. The smallest absolute Gasteiger partial charge is 0.492 e. The van der Waals surface area contributed by atoms with Gasteiger partial charge in [0.05, 0.1) is 12.3 Å². The molecule has 0 fully saturated rings. The van der Waals surface area contributed by atoms with Gasteiger partial charge in [0.1, 0.15) is 22.4 Å². The standard InChI is InChI=1S/C21H25F3N4O6S/c1-4-33-16-11-13(26-19(29)18(12(2)3)27-20(25)30)8-9-17(16)35(31,32)28-14-6-5-7-15(10-14)34-21(22,23)24/h5-12,18,28H,4H2,1-3H3,(H,26,29)(H3,25,27,30)/t18-/m0/s1. The van der Waals surface area contributed by atoms with E-state index in [1.165, 1.54) is 24.3 Å². The lowest BCUT2D eigenvalue weighted by atomic mass is 10.0. The maximum absolute atomic E-state index is 12.9. The molecule has 0 spiro atoms. The number of nitrogens with two attached hydrogens (primary N) is 1. The molecule has 0 bridgehead atoms. The molecule has 0 radical (unpaired) electrons. The molecule has 5 N–H and O–H groups in total. The number of hydrogen-bond donors (Lipinski definition) is 4. The van der Waals surface area contributed by atoms with Gasteiger partial charge in [-0.2, -0.15) is 0 Å². The van der Waals surface area contributed by atoms with Crippen LogP contribution in [0.4, 0.5) is 29.3 Å². The summed E-state index contributed by atoms with van der Waals surface area (Å²) in [6.07, 6.45) is -4.94. The molecule has 1 atom stereocenters. The van der Waals surface area contributed by atoms with Gasteiger partial charge in [0.15, 0.2) is 0 Å². The third kappa shape index (κ3) is 8.24. The average Bonchev–Trinajstić information content (AvgIpc) is 2.70. The van der Waals surface area contributed by atoms with Crippen LogP contribution < -0.4 is 30.6 Å². The highest BCUT2D eigenvalue weighted by Crippen LogP contribution is 2.31. The Bertz CT molecular complexity index is 1170. The van der Waals surface area contributed by atoms with Crippen molar-refractivity contribution >= 4 is 33.3 Å². The molecule has 14 heteroatoms. The number of ether oxygens (including phenoxy) is 2. The summed E-state index contributed by atoms with van der Waals surface area (Å²) in [6.45, 7) is 5.08. The Hall–Kier alpha value is -3.68. The van der Waals surface area contributed by atoms with Gasteiger partial charge in [0, 0.05) is 17.8 Å². The summed E-state index contributed by atoms with van der Waals surface area (Å²) >= 11 is 0. The number of halogens is 3. The Balaban J connectivity index is 2.31. The van der Waals surface area contributed by atoms with Gasteiger partial charge in [-0.1, -0.05) is 19.9 Å². The van der Waals surface area contributed by atoms with E-state index in [9.17, 15) is 31.2 Å². The largest absolute Gasteiger partial charge is 0.573 e. The molecule has 10 nitrogen and oxygen atoms in total. The summed E-state index contributed by atoms with van der Waals surface area (Å²) in [5.74, 6) is -1.61. The number of primary amides is 1. The third-order valence-electron chi connectivity index (χ3n) is 4.37. The zero-order valence-corrected chi connectivity index (χ0v) is 19.8. The van der Waals surface area contributed by atoms with Gasteiger partial charge in [0.2, 0.25) is 5.91 Å². The van der Waals surface area contributed by atoms with Crippen molar-refractivity contribution in [2.45, 2.75) is 38.1 Å². The molecule has 2 rings (SSSR count). The zero-order valence-electron chi connectivity index (χ0n) is 19.0. The molecule has 192 valence electrons. The van der Waals surface area contributed by atoms with Crippen LogP contribution in [0.3, 0.4) is 0 Å². The minimum atomic E-state index is -4.94. The van der Waals surface area contributed by atoms with Gasteiger partial charge < -0.3 is 25.8 Å². The van der Waals surface area contributed by atoms with E-state index in [1.807, 2.05) is 0 Å². The summed E-state index contributed by atoms with van der Waals surface area (Å²) in [5, 5.41) is 4.89. The number of nitrogens with one attached hydrogen (secondary N) is 3. The second-order valence-electron chi connectivity index (χ2n) is 7.50. The van der Waals surface area contributed by atoms with Crippen LogP contribution in [0.2, 0.25) is 0 Å². The Morgan fingerprint density at radius 1 is 1.09 bits per heavy atom. The molecule has 0 heterocycles. The Morgan fingerprint density at radius 3 is 2.34 bits per heavy atom. The Kier molecular flexibility index (Phi) is 8.79. The number of rotatable bonds is 10. The first-order valence-electron chi connectivity index (χ1n) is 10.2. The van der Waals surface area contributed by atoms with Gasteiger partial charge in [-0.05, 0) is 37.1 Å². The normalized spacial score (nSPS) is 12.5. The number of anilines is 2. The Labute approximate surface area is 200 Å². The second-order valence-corrected chi connectivity index (χ2v) is 9.15. The number of urea groups is 1. The first kappa shape index (κ1) is 27.6. The lowest BCUT2D eigenvalue weighted by Gasteiger charge is -2.21. The van der Waals surface area contributed by atoms with Crippen LogP contribution in [0.15, 0.2) is 47.4 Å². The van der Waals surface area contributed by atoms with Gasteiger partial charge in [-0.3, -0.25) is 9.52 Å². The highest BCUT2D eigenvalue weighted by atomic mass is 32.2. The van der Waals surface area contributed by atoms with Crippen LogP contribution in [0.1, 0.15) is 20.8 Å². The van der Waals surface area contributed by atoms with E-state index < -0.39 is 40.1 Å². The fourth-order valence-corrected chi connectivity index (χ4v) is 4.13. The van der Waals surface area contributed by atoms with Crippen LogP contribution >= 0.6 is 0 Å². The van der Waals surface area contributed by atoms with Gasteiger partial charge in [0.25, 0.3) is 10.0 Å². The molecule has 0 saturated carbocycles. The van der Waals surface area contributed by atoms with Gasteiger partial charge in [-0.15, -0.1) is 13.2 Å². The molecule has 0 aliphatic rings. The predicted octanol–water partition coefficient (Wildman–Crippen LogP) is 3.42. The number of sulfonamides is 1. The number of benzene rings is 2. The topological polar surface area (TPSA) is 149 Å². The molecular weight excluding hydrogens is 493 g/mol. The number of hydrogen-bond acceptors (Lipinski definition) is 6. The quantitative estimate of drug-likeness (QED) is 0.379. The molecule has 0 saturated heterocycles. The maximum Gasteiger partial charge on any atom is 0.573 e. The molecule has 2 aromatic rings. The van der Waals surface area contributed by atoms with Crippen molar-refractivity contribution in [3.63, 3.8) is 0 Å². The summed E-state index contributed by atoms with van der Waals surface area (Å²) < 4.78 is 74.7. The van der Waals surface area contributed by atoms with E-state index in [1.54, 1.807) is 20.8 Å². The fourth-order valence-electron chi connectivity index (χ4n) is 2.95. The van der Waals surface area contributed by atoms with Crippen LogP contribution in [-0.2, 0) is 14.8 Å². The molecule has 0 aliphatic heterocycles.